The first-order valence-corrected chi connectivity index (χ1v) is 9.14. The number of nitrogens with one attached hydrogen (secondary N) is 1. The van der Waals surface area contributed by atoms with Crippen LogP contribution in [0.2, 0.25) is 0 Å². The van der Waals surface area contributed by atoms with Gasteiger partial charge in [-0.25, -0.2) is 9.07 Å². The predicted molar refractivity (Wildman–Crippen MR) is 102 cm³/mol. The second-order valence-corrected chi connectivity index (χ2v) is 6.52. The number of halogens is 2. The van der Waals surface area contributed by atoms with Gasteiger partial charge in [0.25, 0.3) is 0 Å². The van der Waals surface area contributed by atoms with Gasteiger partial charge in [0, 0.05) is 18.7 Å². The van der Waals surface area contributed by atoms with Gasteiger partial charge in [-0.15, -0.1) is 0 Å². The molecule has 0 spiro atoms. The quantitative estimate of drug-likeness (QED) is 0.579. The summed E-state index contributed by atoms with van der Waals surface area (Å²) in [6, 6.07) is 10.3. The van der Waals surface area contributed by atoms with Crippen LogP contribution in [0, 0.1) is 5.82 Å². The smallest absolute Gasteiger partial charge is 0.243 e. The number of rotatable bonds is 8. The number of nitrogens with zero attached hydrogens (tertiary/aromatic N) is 4. The summed E-state index contributed by atoms with van der Waals surface area (Å²) < 4.78 is 27.4. The number of aryl methyl sites for hydroxylation is 1. The molecule has 0 radical (unpaired) electrons. The fraction of sp³-hybridized carbons (Fsp3) is 0.278. The fourth-order valence-electron chi connectivity index (χ4n) is 2.51. The van der Waals surface area contributed by atoms with Crippen molar-refractivity contribution < 1.29 is 13.9 Å². The number of hydrogen-bond donors (Lipinski definition) is 1. The van der Waals surface area contributed by atoms with E-state index in [0.717, 1.165) is 5.56 Å². The first-order valence-electron chi connectivity index (χ1n) is 8.35. The standard InChI is InChI=1S/C18H19BrFN5O2/c1-3-25-18(22-23-24-25)21-10-12-8-14(19)17(16(9-12)26-2)27-11-13-6-4-5-7-15(13)20/h4-9H,3,10-11H2,1-2H3,(H,21,22,24). The van der Waals surface area contributed by atoms with Crippen molar-refractivity contribution in [3.63, 3.8) is 0 Å². The van der Waals surface area contributed by atoms with Gasteiger partial charge in [0.1, 0.15) is 12.4 Å². The van der Waals surface area contributed by atoms with Crippen molar-refractivity contribution >= 4 is 21.9 Å². The molecule has 0 unspecified atom stereocenters. The van der Waals surface area contributed by atoms with Crippen LogP contribution in [0.25, 0.3) is 0 Å². The van der Waals surface area contributed by atoms with E-state index in [2.05, 4.69) is 36.8 Å². The molecule has 0 aliphatic carbocycles. The van der Waals surface area contributed by atoms with E-state index in [1.807, 2.05) is 19.1 Å². The normalized spacial score (nSPS) is 10.7. The average molecular weight is 436 g/mol. The van der Waals surface area contributed by atoms with E-state index >= 15 is 0 Å². The van der Waals surface area contributed by atoms with E-state index in [9.17, 15) is 4.39 Å². The van der Waals surface area contributed by atoms with Crippen molar-refractivity contribution in [3.8, 4) is 11.5 Å². The molecule has 0 fully saturated rings. The molecular formula is C18H19BrFN5O2. The van der Waals surface area contributed by atoms with Crippen molar-refractivity contribution in [1.29, 1.82) is 0 Å². The van der Waals surface area contributed by atoms with Crippen LogP contribution in [0.15, 0.2) is 40.9 Å². The molecule has 9 heteroatoms. The summed E-state index contributed by atoms with van der Waals surface area (Å²) in [6.45, 7) is 3.24. The molecule has 7 nitrogen and oxygen atoms in total. The van der Waals surface area contributed by atoms with Crippen LogP contribution in [0.5, 0.6) is 11.5 Å². The van der Waals surface area contributed by atoms with Crippen LogP contribution in [-0.2, 0) is 19.7 Å². The molecule has 0 amide bonds. The lowest BCUT2D eigenvalue weighted by Gasteiger charge is -2.15. The Morgan fingerprint density at radius 2 is 2.07 bits per heavy atom. The molecule has 0 atom stereocenters. The Labute approximate surface area is 164 Å². The molecule has 27 heavy (non-hydrogen) atoms. The molecule has 2 aromatic carbocycles. The van der Waals surface area contributed by atoms with Crippen LogP contribution in [0.3, 0.4) is 0 Å². The Hall–Kier alpha value is -2.68. The number of hydrogen-bond acceptors (Lipinski definition) is 6. The van der Waals surface area contributed by atoms with E-state index < -0.39 is 0 Å². The molecule has 3 aromatic rings. The van der Waals surface area contributed by atoms with Crippen LogP contribution in [0.4, 0.5) is 10.3 Å². The summed E-state index contributed by atoms with van der Waals surface area (Å²) >= 11 is 3.51. The number of anilines is 1. The monoisotopic (exact) mass is 435 g/mol. The Kier molecular flexibility index (Phi) is 6.23. The maximum absolute atomic E-state index is 13.8. The number of methoxy groups -OCH3 is 1. The highest BCUT2D eigenvalue weighted by atomic mass is 79.9. The van der Waals surface area contributed by atoms with Crippen LogP contribution < -0.4 is 14.8 Å². The van der Waals surface area contributed by atoms with Crippen molar-refractivity contribution in [2.45, 2.75) is 26.6 Å². The molecule has 1 aromatic heterocycles. The highest BCUT2D eigenvalue weighted by Gasteiger charge is 2.14. The van der Waals surface area contributed by atoms with Crippen LogP contribution in [-0.4, -0.2) is 27.3 Å². The molecule has 1 heterocycles. The first-order chi connectivity index (χ1) is 13.1. The minimum atomic E-state index is -0.304. The second-order valence-electron chi connectivity index (χ2n) is 5.66. The lowest BCUT2D eigenvalue weighted by atomic mass is 10.2. The molecule has 0 saturated carbocycles. The second kappa shape index (κ2) is 8.81. The Morgan fingerprint density at radius 1 is 1.26 bits per heavy atom. The van der Waals surface area contributed by atoms with Crippen molar-refractivity contribution in [2.24, 2.45) is 0 Å². The zero-order valence-corrected chi connectivity index (χ0v) is 16.5. The van der Waals surface area contributed by atoms with E-state index in [0.29, 0.717) is 40.6 Å². The van der Waals surface area contributed by atoms with E-state index in [1.54, 1.807) is 30.0 Å². The van der Waals surface area contributed by atoms with E-state index in [4.69, 9.17) is 9.47 Å². The Bertz CT molecular complexity index is 919. The molecule has 0 aliphatic heterocycles. The number of benzene rings is 2. The van der Waals surface area contributed by atoms with Gasteiger partial charge < -0.3 is 14.8 Å². The highest BCUT2D eigenvalue weighted by molar-refractivity contribution is 9.10. The van der Waals surface area contributed by atoms with Gasteiger partial charge in [-0.1, -0.05) is 23.3 Å². The maximum Gasteiger partial charge on any atom is 0.243 e. The van der Waals surface area contributed by atoms with Gasteiger partial charge in [0.2, 0.25) is 5.95 Å². The topological polar surface area (TPSA) is 74.1 Å². The Morgan fingerprint density at radius 3 is 2.81 bits per heavy atom. The summed E-state index contributed by atoms with van der Waals surface area (Å²) in [4.78, 5) is 0. The minimum Gasteiger partial charge on any atom is -0.493 e. The summed E-state index contributed by atoms with van der Waals surface area (Å²) in [5.74, 6) is 1.35. The number of tetrazole rings is 1. The minimum absolute atomic E-state index is 0.102. The third-order valence-corrected chi connectivity index (χ3v) is 4.49. The van der Waals surface area contributed by atoms with Crippen LogP contribution in [0.1, 0.15) is 18.1 Å². The highest BCUT2D eigenvalue weighted by Crippen LogP contribution is 2.37. The van der Waals surface area contributed by atoms with Gasteiger partial charge in [0.05, 0.1) is 11.6 Å². The molecule has 0 bridgehead atoms. The van der Waals surface area contributed by atoms with Gasteiger partial charge in [-0.2, -0.15) is 0 Å². The number of ether oxygens (including phenoxy) is 2. The third-order valence-electron chi connectivity index (χ3n) is 3.90. The molecule has 1 N–H and O–H groups in total. The zero-order chi connectivity index (χ0) is 19.2. The zero-order valence-electron chi connectivity index (χ0n) is 14.9. The largest absolute Gasteiger partial charge is 0.493 e. The lowest BCUT2D eigenvalue weighted by molar-refractivity contribution is 0.277. The maximum atomic E-state index is 13.8. The summed E-state index contributed by atoms with van der Waals surface area (Å²) in [5.41, 5.74) is 1.42. The summed E-state index contributed by atoms with van der Waals surface area (Å²) in [7, 11) is 1.56. The van der Waals surface area contributed by atoms with Crippen LogP contribution >= 0.6 is 15.9 Å². The summed E-state index contributed by atoms with van der Waals surface area (Å²) in [6.07, 6.45) is 0. The van der Waals surface area contributed by atoms with Gasteiger partial charge in [0.15, 0.2) is 11.5 Å². The fourth-order valence-corrected chi connectivity index (χ4v) is 3.11. The van der Waals surface area contributed by atoms with E-state index in [-0.39, 0.29) is 12.4 Å². The Balaban J connectivity index is 1.73. The molecule has 3 rings (SSSR count). The lowest BCUT2D eigenvalue weighted by Crippen LogP contribution is -2.08. The predicted octanol–water partition coefficient (Wildman–Crippen LogP) is 3.79. The molecule has 142 valence electrons. The molecule has 0 aliphatic rings. The van der Waals surface area contributed by atoms with Crippen molar-refractivity contribution in [3.05, 3.63) is 57.8 Å². The average Bonchev–Trinajstić information content (AvgIpc) is 3.14. The molecular weight excluding hydrogens is 417 g/mol. The van der Waals surface area contributed by atoms with Crippen molar-refractivity contribution in [2.75, 3.05) is 12.4 Å². The third kappa shape index (κ3) is 4.54. The number of aromatic nitrogens is 4. The van der Waals surface area contributed by atoms with Crippen molar-refractivity contribution in [1.82, 2.24) is 20.2 Å². The van der Waals surface area contributed by atoms with Gasteiger partial charge >= 0.3 is 0 Å². The summed E-state index contributed by atoms with van der Waals surface area (Å²) in [5, 5.41) is 14.7. The van der Waals surface area contributed by atoms with Gasteiger partial charge in [-0.05, 0) is 57.0 Å². The molecule has 0 saturated heterocycles. The van der Waals surface area contributed by atoms with E-state index in [1.165, 1.54) is 6.07 Å². The van der Waals surface area contributed by atoms with Gasteiger partial charge in [-0.3, -0.25) is 0 Å². The SMILES string of the molecule is CCn1nnnc1NCc1cc(Br)c(OCc2ccccc2F)c(OC)c1. The first kappa shape index (κ1) is 19.1.